The molecule has 0 saturated carbocycles. The Bertz CT molecular complexity index is 1090. The third kappa shape index (κ3) is 5.25. The van der Waals surface area contributed by atoms with Crippen molar-refractivity contribution in [3.8, 4) is 0 Å². The van der Waals surface area contributed by atoms with Crippen LogP contribution in [0.4, 0.5) is 5.69 Å². The number of carbonyl (C=O) groups is 3. The zero-order valence-corrected chi connectivity index (χ0v) is 21.9. The number of carbonyl (C=O) groups excluding carboxylic acids is 3. The molecular formula is C29H38N4O3. The van der Waals surface area contributed by atoms with Gasteiger partial charge in [0.15, 0.2) is 0 Å². The van der Waals surface area contributed by atoms with Gasteiger partial charge in [0, 0.05) is 18.8 Å². The van der Waals surface area contributed by atoms with Crippen LogP contribution in [0.2, 0.25) is 0 Å². The summed E-state index contributed by atoms with van der Waals surface area (Å²) < 4.78 is 0. The number of fused-ring (bicyclic) bond motifs is 1. The summed E-state index contributed by atoms with van der Waals surface area (Å²) in [5, 5.41) is 9.15. The second-order valence-corrected chi connectivity index (χ2v) is 10.8. The van der Waals surface area contributed by atoms with Crippen molar-refractivity contribution in [2.75, 3.05) is 12.4 Å². The number of amides is 3. The van der Waals surface area contributed by atoms with E-state index < -0.39 is 18.1 Å². The molecule has 0 radical (unpaired) electrons. The highest BCUT2D eigenvalue weighted by atomic mass is 16.2. The lowest BCUT2D eigenvalue weighted by Gasteiger charge is -2.45. The smallest absolute Gasteiger partial charge is 0.247 e. The summed E-state index contributed by atoms with van der Waals surface area (Å²) in [6.07, 6.45) is 1.94. The fourth-order valence-corrected chi connectivity index (χ4v) is 5.51. The molecule has 36 heavy (non-hydrogen) atoms. The molecule has 2 aromatic rings. The zero-order chi connectivity index (χ0) is 26.0. The van der Waals surface area contributed by atoms with Crippen LogP contribution in [0.5, 0.6) is 0 Å². The number of nitrogens with one attached hydrogen (secondary N) is 3. The van der Waals surface area contributed by atoms with Crippen molar-refractivity contribution in [1.82, 2.24) is 15.5 Å². The molecule has 0 aromatic heterocycles. The highest BCUT2D eigenvalue weighted by Gasteiger charge is 2.49. The van der Waals surface area contributed by atoms with E-state index in [0.29, 0.717) is 12.0 Å². The van der Waals surface area contributed by atoms with E-state index in [-0.39, 0.29) is 35.6 Å². The Labute approximate surface area is 214 Å². The van der Waals surface area contributed by atoms with Crippen LogP contribution < -0.4 is 16.0 Å². The summed E-state index contributed by atoms with van der Waals surface area (Å²) in [6, 6.07) is 13.3. The average Bonchev–Trinajstić information content (AvgIpc) is 3.27. The molecule has 0 bridgehead atoms. The Kier molecular flexibility index (Phi) is 7.67. The molecule has 0 unspecified atom stereocenters. The highest BCUT2D eigenvalue weighted by Crippen LogP contribution is 2.35. The molecule has 4 rings (SSSR count). The molecule has 3 N–H and O–H groups in total. The normalized spacial score (nSPS) is 20.9. The summed E-state index contributed by atoms with van der Waals surface area (Å²) >= 11 is 0. The summed E-state index contributed by atoms with van der Waals surface area (Å²) in [7, 11) is 1.83. The Morgan fingerprint density at radius 2 is 1.61 bits per heavy atom. The van der Waals surface area contributed by atoms with Crippen molar-refractivity contribution in [2.24, 2.45) is 11.8 Å². The van der Waals surface area contributed by atoms with Crippen LogP contribution >= 0.6 is 0 Å². The molecule has 1 aliphatic carbocycles. The molecule has 3 atom stereocenters. The second kappa shape index (κ2) is 10.7. The lowest BCUT2D eigenvalue weighted by Crippen LogP contribution is -2.67. The summed E-state index contributed by atoms with van der Waals surface area (Å²) in [5.74, 6) is -0.504. The SMILES string of the molecule is CNc1ccc([C@H](C(=O)NC(C)C)N2C(=O)[C@@H](C3Cc4ccccc4C3)NC(=O)[C@H]2CC(C)C)cc1. The molecule has 192 valence electrons. The average molecular weight is 491 g/mol. The van der Waals surface area contributed by atoms with Gasteiger partial charge in [-0.1, -0.05) is 50.2 Å². The maximum Gasteiger partial charge on any atom is 0.247 e. The lowest BCUT2D eigenvalue weighted by atomic mass is 9.88. The first-order valence-corrected chi connectivity index (χ1v) is 13.0. The van der Waals surface area contributed by atoms with Gasteiger partial charge in [0.25, 0.3) is 0 Å². The van der Waals surface area contributed by atoms with Gasteiger partial charge >= 0.3 is 0 Å². The molecule has 1 fully saturated rings. The van der Waals surface area contributed by atoms with Crippen molar-refractivity contribution in [1.29, 1.82) is 0 Å². The van der Waals surface area contributed by atoms with E-state index in [1.54, 1.807) is 4.90 Å². The second-order valence-electron chi connectivity index (χ2n) is 10.8. The van der Waals surface area contributed by atoms with Gasteiger partial charge in [0.1, 0.15) is 18.1 Å². The van der Waals surface area contributed by atoms with Gasteiger partial charge < -0.3 is 20.9 Å². The quantitative estimate of drug-likeness (QED) is 0.529. The summed E-state index contributed by atoms with van der Waals surface area (Å²) in [4.78, 5) is 43.0. The Morgan fingerprint density at radius 1 is 1.00 bits per heavy atom. The monoisotopic (exact) mass is 490 g/mol. The van der Waals surface area contributed by atoms with Crippen LogP contribution in [0.1, 0.15) is 56.8 Å². The first kappa shape index (κ1) is 25.7. The lowest BCUT2D eigenvalue weighted by molar-refractivity contribution is -0.158. The van der Waals surface area contributed by atoms with Gasteiger partial charge in [0.05, 0.1) is 0 Å². The van der Waals surface area contributed by atoms with Crippen LogP contribution in [0.15, 0.2) is 48.5 Å². The minimum Gasteiger partial charge on any atom is -0.388 e. The van der Waals surface area contributed by atoms with E-state index in [4.69, 9.17) is 0 Å². The van der Waals surface area contributed by atoms with Crippen LogP contribution in [0.25, 0.3) is 0 Å². The fraction of sp³-hybridized carbons (Fsp3) is 0.483. The number of anilines is 1. The van der Waals surface area contributed by atoms with Crippen molar-refractivity contribution in [3.63, 3.8) is 0 Å². The third-order valence-electron chi connectivity index (χ3n) is 7.18. The predicted molar refractivity (Wildman–Crippen MR) is 141 cm³/mol. The first-order valence-electron chi connectivity index (χ1n) is 13.0. The number of hydrogen-bond donors (Lipinski definition) is 3. The predicted octanol–water partition coefficient (Wildman–Crippen LogP) is 3.45. The van der Waals surface area contributed by atoms with Crippen LogP contribution in [-0.2, 0) is 27.2 Å². The van der Waals surface area contributed by atoms with Crippen molar-refractivity contribution in [2.45, 2.75) is 71.1 Å². The van der Waals surface area contributed by atoms with Crippen molar-refractivity contribution >= 4 is 23.4 Å². The largest absolute Gasteiger partial charge is 0.388 e. The number of hydrogen-bond acceptors (Lipinski definition) is 4. The standard InChI is InChI=1S/C29H38N4O3/c1-17(2)14-24-27(34)32-25(22-15-20-8-6-7-9-21(20)16-22)29(36)33(24)26(28(35)31-18(3)4)19-10-12-23(30-5)13-11-19/h6-13,17-18,22,24-26,30H,14-16H2,1-5H3,(H,31,35)(H,32,34)/t24-,25-,26-/m1/s1. The number of benzene rings is 2. The number of nitrogens with zero attached hydrogens (tertiary/aromatic N) is 1. The van der Waals surface area contributed by atoms with Gasteiger partial charge in [-0.25, -0.2) is 0 Å². The van der Waals surface area contributed by atoms with Gasteiger partial charge in [-0.2, -0.15) is 0 Å². The van der Waals surface area contributed by atoms with Crippen molar-refractivity contribution < 1.29 is 14.4 Å². The Hall–Kier alpha value is -3.35. The molecule has 2 aliphatic rings. The van der Waals surface area contributed by atoms with Gasteiger partial charge in [-0.05, 0) is 73.8 Å². The van der Waals surface area contributed by atoms with Crippen LogP contribution in [0.3, 0.4) is 0 Å². The van der Waals surface area contributed by atoms with E-state index in [0.717, 1.165) is 18.5 Å². The van der Waals surface area contributed by atoms with Gasteiger partial charge in [-0.15, -0.1) is 0 Å². The molecule has 3 amide bonds. The minimum absolute atomic E-state index is 0.0400. The van der Waals surface area contributed by atoms with Crippen molar-refractivity contribution in [3.05, 3.63) is 65.2 Å². The van der Waals surface area contributed by atoms with Gasteiger partial charge in [0.2, 0.25) is 17.7 Å². The molecule has 1 heterocycles. The van der Waals surface area contributed by atoms with Crippen LogP contribution in [-0.4, -0.2) is 47.8 Å². The molecule has 0 spiro atoms. The Balaban J connectivity index is 1.74. The zero-order valence-electron chi connectivity index (χ0n) is 21.9. The number of piperazine rings is 1. The van der Waals surface area contributed by atoms with E-state index in [9.17, 15) is 14.4 Å². The molecular weight excluding hydrogens is 452 g/mol. The molecule has 1 saturated heterocycles. The maximum absolute atomic E-state index is 14.2. The molecule has 2 aromatic carbocycles. The third-order valence-corrected chi connectivity index (χ3v) is 7.18. The summed E-state index contributed by atoms with van der Waals surface area (Å²) in [5.41, 5.74) is 4.04. The minimum atomic E-state index is -0.896. The van der Waals surface area contributed by atoms with E-state index >= 15 is 0 Å². The molecule has 1 aliphatic heterocycles. The number of rotatable bonds is 8. The highest BCUT2D eigenvalue weighted by molar-refractivity contribution is 6.00. The van der Waals surface area contributed by atoms with E-state index in [1.807, 2.05) is 71.1 Å². The fourth-order valence-electron chi connectivity index (χ4n) is 5.51. The molecule has 7 heteroatoms. The van der Waals surface area contributed by atoms with E-state index in [2.05, 4.69) is 28.1 Å². The topological polar surface area (TPSA) is 90.5 Å². The molecule has 7 nitrogen and oxygen atoms in total. The van der Waals surface area contributed by atoms with Crippen LogP contribution in [0, 0.1) is 11.8 Å². The summed E-state index contributed by atoms with van der Waals surface area (Å²) in [6.45, 7) is 7.85. The first-order chi connectivity index (χ1) is 17.2. The Morgan fingerprint density at radius 3 is 2.14 bits per heavy atom. The maximum atomic E-state index is 14.2. The van der Waals surface area contributed by atoms with Gasteiger partial charge in [-0.3, -0.25) is 14.4 Å². The van der Waals surface area contributed by atoms with E-state index in [1.165, 1.54) is 11.1 Å².